The van der Waals surface area contributed by atoms with Crippen molar-refractivity contribution in [2.45, 2.75) is 32.6 Å². The fourth-order valence-corrected chi connectivity index (χ4v) is 5.21. The molecule has 1 N–H and O–H groups in total. The fourth-order valence-electron chi connectivity index (χ4n) is 4.14. The fraction of sp³-hybridized carbons (Fsp3) is 0.250. The van der Waals surface area contributed by atoms with Crippen molar-refractivity contribution in [3.05, 3.63) is 63.8 Å². The predicted octanol–water partition coefficient (Wildman–Crippen LogP) is 6.95. The molecule has 0 radical (unpaired) electrons. The van der Waals surface area contributed by atoms with E-state index in [1.165, 1.54) is 36.0 Å². The molecule has 0 spiro atoms. The monoisotopic (exact) mass is 435 g/mol. The molecule has 2 heterocycles. The topological polar surface area (TPSA) is 47.0 Å². The molecule has 4 nitrogen and oxygen atoms in total. The van der Waals surface area contributed by atoms with Gasteiger partial charge in [0, 0.05) is 22.0 Å². The zero-order valence-corrected chi connectivity index (χ0v) is 18.5. The van der Waals surface area contributed by atoms with Gasteiger partial charge in [-0.1, -0.05) is 29.8 Å². The van der Waals surface area contributed by atoms with Crippen LogP contribution in [0.1, 0.15) is 29.5 Å². The number of thiophene rings is 1. The molecule has 30 heavy (non-hydrogen) atoms. The van der Waals surface area contributed by atoms with Crippen LogP contribution in [0.3, 0.4) is 0 Å². The summed E-state index contributed by atoms with van der Waals surface area (Å²) in [5.41, 5.74) is 7.16. The minimum absolute atomic E-state index is 0.676. The number of nitrogens with zero attached hydrogens (tertiary/aromatic N) is 2. The van der Waals surface area contributed by atoms with Crippen LogP contribution in [0, 0.1) is 6.92 Å². The first-order valence-electron chi connectivity index (χ1n) is 10.1. The zero-order chi connectivity index (χ0) is 20.7. The average molecular weight is 436 g/mol. The number of halogens is 1. The molecule has 0 saturated heterocycles. The van der Waals surface area contributed by atoms with Crippen LogP contribution in [0.5, 0.6) is 5.75 Å². The number of benzene rings is 2. The molecule has 2 aromatic carbocycles. The Morgan fingerprint density at radius 3 is 2.73 bits per heavy atom. The summed E-state index contributed by atoms with van der Waals surface area (Å²) in [4.78, 5) is 10.0. The van der Waals surface area contributed by atoms with Gasteiger partial charge in [-0.3, -0.25) is 0 Å². The van der Waals surface area contributed by atoms with Crippen molar-refractivity contribution in [3.63, 3.8) is 0 Å². The molecular formula is C24H22ClN3OS. The molecule has 152 valence electrons. The summed E-state index contributed by atoms with van der Waals surface area (Å²) >= 11 is 7.92. The van der Waals surface area contributed by atoms with Crippen LogP contribution >= 0.6 is 22.9 Å². The Hall–Kier alpha value is -2.63. The zero-order valence-electron chi connectivity index (χ0n) is 17.0. The van der Waals surface area contributed by atoms with Gasteiger partial charge in [0.2, 0.25) is 0 Å². The summed E-state index contributed by atoms with van der Waals surface area (Å²) in [5, 5.41) is 7.36. The molecule has 1 aliphatic carbocycles. The van der Waals surface area contributed by atoms with E-state index in [0.29, 0.717) is 10.8 Å². The maximum atomic E-state index is 6.28. The average Bonchev–Trinajstić information content (AvgIpc) is 3.21. The molecular weight excluding hydrogens is 414 g/mol. The Labute approximate surface area is 184 Å². The van der Waals surface area contributed by atoms with E-state index in [-0.39, 0.29) is 0 Å². The van der Waals surface area contributed by atoms with Crippen molar-refractivity contribution in [1.29, 1.82) is 0 Å². The molecule has 6 heteroatoms. The highest BCUT2D eigenvalue weighted by Gasteiger charge is 2.17. The van der Waals surface area contributed by atoms with Crippen LogP contribution < -0.4 is 10.1 Å². The third-order valence-electron chi connectivity index (χ3n) is 5.76. The standard InChI is InChI=1S/C24H22ClN3OS/c1-14-9-20(21(29-2)11-19(14)25)28-23-22-18(12-30-24(22)27-13-26-23)17-8-7-15-5-3-4-6-16(15)10-17/h7-13H,3-6H2,1-2H3,(H,26,27,28). The molecule has 0 bridgehead atoms. The lowest BCUT2D eigenvalue weighted by atomic mass is 9.89. The van der Waals surface area contributed by atoms with Crippen molar-refractivity contribution < 1.29 is 4.74 Å². The highest BCUT2D eigenvalue weighted by molar-refractivity contribution is 7.17. The van der Waals surface area contributed by atoms with Gasteiger partial charge < -0.3 is 10.1 Å². The van der Waals surface area contributed by atoms with Gasteiger partial charge in [-0.05, 0) is 60.9 Å². The van der Waals surface area contributed by atoms with Crippen LogP contribution in [-0.2, 0) is 12.8 Å². The van der Waals surface area contributed by atoms with E-state index in [9.17, 15) is 0 Å². The van der Waals surface area contributed by atoms with Crippen LogP contribution in [-0.4, -0.2) is 17.1 Å². The maximum absolute atomic E-state index is 6.28. The van der Waals surface area contributed by atoms with E-state index >= 15 is 0 Å². The van der Waals surface area contributed by atoms with Gasteiger partial charge in [-0.15, -0.1) is 11.3 Å². The Kier molecular flexibility index (Phi) is 5.09. The first kappa shape index (κ1) is 19.3. The largest absolute Gasteiger partial charge is 0.495 e. The molecule has 0 fully saturated rings. The first-order valence-corrected chi connectivity index (χ1v) is 11.4. The lowest BCUT2D eigenvalue weighted by molar-refractivity contribution is 0.416. The number of nitrogens with one attached hydrogen (secondary N) is 1. The number of hydrogen-bond acceptors (Lipinski definition) is 5. The van der Waals surface area contributed by atoms with E-state index in [1.54, 1.807) is 24.8 Å². The highest BCUT2D eigenvalue weighted by atomic mass is 35.5. The van der Waals surface area contributed by atoms with Gasteiger partial charge in [0.05, 0.1) is 18.2 Å². The number of aromatic nitrogens is 2. The summed E-state index contributed by atoms with van der Waals surface area (Å²) in [6.45, 7) is 1.98. The van der Waals surface area contributed by atoms with Crippen molar-refractivity contribution in [3.8, 4) is 16.9 Å². The lowest BCUT2D eigenvalue weighted by Crippen LogP contribution is -2.02. The van der Waals surface area contributed by atoms with Crippen molar-refractivity contribution in [1.82, 2.24) is 9.97 Å². The van der Waals surface area contributed by atoms with Gasteiger partial charge in [0.15, 0.2) is 0 Å². The van der Waals surface area contributed by atoms with Crippen molar-refractivity contribution in [2.24, 2.45) is 0 Å². The van der Waals surface area contributed by atoms with E-state index in [0.717, 1.165) is 39.3 Å². The second kappa shape index (κ2) is 7.89. The first-order chi connectivity index (χ1) is 14.6. The van der Waals surface area contributed by atoms with Gasteiger partial charge >= 0.3 is 0 Å². The van der Waals surface area contributed by atoms with E-state index in [1.807, 2.05) is 19.1 Å². The Morgan fingerprint density at radius 2 is 1.90 bits per heavy atom. The minimum Gasteiger partial charge on any atom is -0.495 e. The van der Waals surface area contributed by atoms with Gasteiger partial charge in [-0.25, -0.2) is 9.97 Å². The van der Waals surface area contributed by atoms with Gasteiger partial charge in [-0.2, -0.15) is 0 Å². The quantitative estimate of drug-likeness (QED) is 0.376. The van der Waals surface area contributed by atoms with Crippen LogP contribution in [0.2, 0.25) is 5.02 Å². The minimum atomic E-state index is 0.676. The molecule has 2 aromatic heterocycles. The number of rotatable bonds is 4. The van der Waals surface area contributed by atoms with Crippen molar-refractivity contribution >= 4 is 44.7 Å². The molecule has 4 aromatic rings. The van der Waals surface area contributed by atoms with E-state index < -0.39 is 0 Å². The van der Waals surface area contributed by atoms with Gasteiger partial charge in [0.1, 0.15) is 22.7 Å². The second-order valence-electron chi connectivity index (χ2n) is 7.67. The maximum Gasteiger partial charge on any atom is 0.143 e. The number of hydrogen-bond donors (Lipinski definition) is 1. The predicted molar refractivity (Wildman–Crippen MR) is 126 cm³/mol. The number of ether oxygens (including phenoxy) is 1. The Bertz CT molecular complexity index is 1250. The smallest absolute Gasteiger partial charge is 0.143 e. The van der Waals surface area contributed by atoms with E-state index in [4.69, 9.17) is 16.3 Å². The number of fused-ring (bicyclic) bond motifs is 2. The molecule has 1 aliphatic rings. The summed E-state index contributed by atoms with van der Waals surface area (Å²) in [5.74, 6) is 1.46. The molecule has 0 saturated carbocycles. The van der Waals surface area contributed by atoms with Crippen LogP contribution in [0.15, 0.2) is 42.0 Å². The number of aryl methyl sites for hydroxylation is 3. The molecule has 0 aliphatic heterocycles. The summed E-state index contributed by atoms with van der Waals surface area (Å²) in [7, 11) is 1.64. The summed E-state index contributed by atoms with van der Waals surface area (Å²) < 4.78 is 5.54. The second-order valence-corrected chi connectivity index (χ2v) is 8.93. The highest BCUT2D eigenvalue weighted by Crippen LogP contribution is 2.40. The summed E-state index contributed by atoms with van der Waals surface area (Å²) in [6, 6.07) is 10.7. The Balaban J connectivity index is 1.62. The Morgan fingerprint density at radius 1 is 1.07 bits per heavy atom. The van der Waals surface area contributed by atoms with Crippen LogP contribution in [0.4, 0.5) is 11.5 Å². The van der Waals surface area contributed by atoms with Gasteiger partial charge in [0.25, 0.3) is 0 Å². The molecule has 0 amide bonds. The van der Waals surface area contributed by atoms with Crippen LogP contribution in [0.25, 0.3) is 21.3 Å². The third kappa shape index (κ3) is 3.42. The SMILES string of the molecule is COc1cc(Cl)c(C)cc1Nc1ncnc2scc(-c3ccc4c(c3)CCCC4)c12. The lowest BCUT2D eigenvalue weighted by Gasteiger charge is -2.17. The van der Waals surface area contributed by atoms with Crippen molar-refractivity contribution in [2.75, 3.05) is 12.4 Å². The molecule has 0 atom stereocenters. The molecule has 5 rings (SSSR count). The molecule has 0 unspecified atom stereocenters. The number of methoxy groups -OCH3 is 1. The third-order valence-corrected chi connectivity index (χ3v) is 7.06. The summed E-state index contributed by atoms with van der Waals surface area (Å²) in [6.07, 6.45) is 6.51. The number of anilines is 2. The normalized spacial score (nSPS) is 13.3. The van der Waals surface area contributed by atoms with E-state index in [2.05, 4.69) is 38.9 Å².